The van der Waals surface area contributed by atoms with Gasteiger partial charge >= 0.3 is 5.51 Å². The Bertz CT molecular complexity index is 1250. The Morgan fingerprint density at radius 2 is 1.61 bits per heavy atom. The van der Waals surface area contributed by atoms with Gasteiger partial charge in [-0.2, -0.15) is 13.2 Å². The number of fused-ring (bicyclic) bond motifs is 1. The second-order valence-corrected chi connectivity index (χ2v) is 8.45. The fourth-order valence-corrected chi connectivity index (χ4v) is 3.65. The Hall–Kier alpha value is -3.05. The number of rotatable bonds is 6. The average molecular weight is 478 g/mol. The Morgan fingerprint density at radius 1 is 1.00 bits per heavy atom. The number of sulfone groups is 1. The molecule has 0 aromatic heterocycles. The normalized spacial score (nSPS) is 12.0. The highest BCUT2D eigenvalue weighted by Gasteiger charge is 2.47. The maximum Gasteiger partial charge on any atom is 0.501 e. The monoisotopic (exact) mass is 477 g/mol. The molecule has 0 aliphatic heterocycles. The van der Waals surface area contributed by atoms with E-state index in [1.165, 1.54) is 24.3 Å². The van der Waals surface area contributed by atoms with Gasteiger partial charge in [0.05, 0.1) is 15.9 Å². The second-order valence-electron chi connectivity index (χ2n) is 6.10. The molecule has 0 heterocycles. The Balaban J connectivity index is 1.94. The van der Waals surface area contributed by atoms with E-state index in [4.69, 9.17) is 21.1 Å². The number of carboxylic acids is 1. The van der Waals surface area contributed by atoms with Crippen LogP contribution in [0.3, 0.4) is 0 Å². The number of hydrogen-bond acceptors (Lipinski definition) is 6. The van der Waals surface area contributed by atoms with E-state index >= 15 is 0 Å². The molecule has 6 nitrogen and oxygen atoms in total. The zero-order valence-corrected chi connectivity index (χ0v) is 16.6. The minimum atomic E-state index is -5.80. The van der Waals surface area contributed by atoms with E-state index in [1.54, 1.807) is 12.1 Å². The van der Waals surface area contributed by atoms with Gasteiger partial charge in [0.15, 0.2) is 11.6 Å². The molecule has 0 amide bonds. The van der Waals surface area contributed by atoms with Gasteiger partial charge in [0, 0.05) is 0 Å². The summed E-state index contributed by atoms with van der Waals surface area (Å²) in [5.74, 6) is -3.28. The van der Waals surface area contributed by atoms with Crippen molar-refractivity contribution in [2.45, 2.75) is 10.4 Å². The van der Waals surface area contributed by atoms with Gasteiger partial charge in [-0.25, -0.2) is 12.8 Å². The first-order valence-corrected chi connectivity index (χ1v) is 10.1. The van der Waals surface area contributed by atoms with Gasteiger partial charge in [-0.3, -0.25) is 0 Å². The number of carbonyl (C=O) groups excluding carboxylic acids is 1. The minimum absolute atomic E-state index is 0.0248. The van der Waals surface area contributed by atoms with E-state index in [0.29, 0.717) is 16.8 Å². The van der Waals surface area contributed by atoms with Gasteiger partial charge in [-0.15, -0.1) is 0 Å². The summed E-state index contributed by atoms with van der Waals surface area (Å²) in [6, 6.07) is 9.62. The van der Waals surface area contributed by atoms with Crippen LogP contribution in [0, 0.1) is 5.82 Å². The summed E-state index contributed by atoms with van der Waals surface area (Å²) in [5.41, 5.74) is -5.63. The number of aliphatic carboxylic acids is 1. The third kappa shape index (κ3) is 4.83. The molecule has 3 rings (SSSR count). The maximum absolute atomic E-state index is 14.3. The van der Waals surface area contributed by atoms with Crippen molar-refractivity contribution in [1.29, 1.82) is 0 Å². The zero-order valence-electron chi connectivity index (χ0n) is 15.1. The van der Waals surface area contributed by atoms with Crippen molar-refractivity contribution in [2.24, 2.45) is 0 Å². The van der Waals surface area contributed by atoms with E-state index in [1.807, 2.05) is 0 Å². The maximum atomic E-state index is 14.3. The van der Waals surface area contributed by atoms with Crippen LogP contribution in [0.25, 0.3) is 10.8 Å². The number of ether oxygens (including phenoxy) is 2. The Morgan fingerprint density at radius 3 is 2.19 bits per heavy atom. The number of hydrogen-bond donors (Lipinski definition) is 0. The summed E-state index contributed by atoms with van der Waals surface area (Å²) < 4.78 is 85.6. The summed E-state index contributed by atoms with van der Waals surface area (Å²) in [4.78, 5) is 9.14. The van der Waals surface area contributed by atoms with Gasteiger partial charge < -0.3 is 19.4 Å². The van der Waals surface area contributed by atoms with Crippen molar-refractivity contribution >= 4 is 38.2 Å². The fraction of sp³-hybridized carbons (Fsp3) is 0.105. The summed E-state index contributed by atoms with van der Waals surface area (Å²) in [5, 5.41) is 11.0. The van der Waals surface area contributed by atoms with E-state index in [9.17, 15) is 35.9 Å². The lowest BCUT2D eigenvalue weighted by Gasteiger charge is -2.13. The highest BCUT2D eigenvalue weighted by atomic mass is 35.5. The molecule has 0 atom stereocenters. The molecule has 0 saturated carbocycles. The van der Waals surface area contributed by atoms with Crippen LogP contribution in [0.1, 0.15) is 0 Å². The van der Waals surface area contributed by atoms with E-state index in [2.05, 4.69) is 0 Å². The molecule has 3 aromatic carbocycles. The van der Waals surface area contributed by atoms with Gasteiger partial charge in [-0.1, -0.05) is 23.7 Å². The van der Waals surface area contributed by atoms with Crippen LogP contribution in [0.2, 0.25) is 5.02 Å². The highest BCUT2D eigenvalue weighted by molar-refractivity contribution is 7.92. The molecule has 0 saturated heterocycles. The lowest BCUT2D eigenvalue weighted by molar-refractivity contribution is -0.307. The first kappa shape index (κ1) is 22.6. The smallest absolute Gasteiger partial charge is 0.501 e. The van der Waals surface area contributed by atoms with Crippen molar-refractivity contribution < 1.29 is 45.4 Å². The third-order valence-electron chi connectivity index (χ3n) is 3.95. The first-order chi connectivity index (χ1) is 14.4. The van der Waals surface area contributed by atoms with Crippen LogP contribution in [0.5, 0.6) is 17.2 Å². The van der Waals surface area contributed by atoms with Crippen molar-refractivity contribution in [2.75, 3.05) is 6.61 Å². The number of benzene rings is 3. The van der Waals surface area contributed by atoms with E-state index in [-0.39, 0.29) is 17.6 Å². The van der Waals surface area contributed by atoms with Gasteiger partial charge in [-0.05, 0) is 47.2 Å². The molecule has 12 heteroatoms. The molecular weight excluding hydrogens is 468 g/mol. The summed E-state index contributed by atoms with van der Waals surface area (Å²) >= 11 is 5.78. The number of alkyl halides is 3. The molecule has 0 spiro atoms. The minimum Gasteiger partial charge on any atom is -0.546 e. The predicted octanol–water partition coefficient (Wildman–Crippen LogP) is 3.85. The summed E-state index contributed by atoms with van der Waals surface area (Å²) in [7, 11) is -5.80. The molecule has 0 aliphatic rings. The van der Waals surface area contributed by atoms with Crippen molar-refractivity contribution in [3.8, 4) is 17.2 Å². The second kappa shape index (κ2) is 8.23. The molecule has 0 fully saturated rings. The number of halogens is 5. The van der Waals surface area contributed by atoms with Crippen LogP contribution in [0.4, 0.5) is 17.6 Å². The lowest BCUT2D eigenvalue weighted by Crippen LogP contribution is -2.28. The van der Waals surface area contributed by atoms with Crippen molar-refractivity contribution in [3.05, 3.63) is 59.4 Å². The van der Waals surface area contributed by atoms with Gasteiger partial charge in [0.1, 0.15) is 18.1 Å². The molecule has 164 valence electrons. The first-order valence-electron chi connectivity index (χ1n) is 8.23. The van der Waals surface area contributed by atoms with Gasteiger partial charge in [0.2, 0.25) is 0 Å². The quantitative estimate of drug-likeness (QED) is 0.501. The molecule has 0 radical (unpaired) electrons. The zero-order chi connectivity index (χ0) is 23.0. The standard InChI is InChI=1S/C19H11ClF4O6S/c20-15-7-14(31(27,28)19(22,23)24)8-16(21)18(15)30-13-4-2-10-1-3-12(5-11(10)6-13)29-9-17(25)26/h1-8H,9H2,(H,25,26)/p-1. The van der Waals surface area contributed by atoms with Crippen LogP contribution < -0.4 is 14.6 Å². The highest BCUT2D eigenvalue weighted by Crippen LogP contribution is 2.38. The van der Waals surface area contributed by atoms with Gasteiger partial charge in [0.25, 0.3) is 9.84 Å². The average Bonchev–Trinajstić information content (AvgIpc) is 2.67. The van der Waals surface area contributed by atoms with Crippen molar-refractivity contribution in [3.63, 3.8) is 0 Å². The molecule has 3 aromatic rings. The molecular formula is C19H10ClF4O6S-. The Labute approximate surface area is 177 Å². The van der Waals surface area contributed by atoms with E-state index in [0.717, 1.165) is 0 Å². The molecule has 0 unspecified atom stereocenters. The van der Waals surface area contributed by atoms with Crippen LogP contribution in [-0.4, -0.2) is 26.5 Å². The molecule has 0 aliphatic carbocycles. The largest absolute Gasteiger partial charge is 0.546 e. The van der Waals surface area contributed by atoms with Crippen molar-refractivity contribution in [1.82, 2.24) is 0 Å². The fourth-order valence-electron chi connectivity index (χ4n) is 2.54. The van der Waals surface area contributed by atoms with E-state index < -0.39 is 49.4 Å². The topological polar surface area (TPSA) is 92.7 Å². The number of carbonyl (C=O) groups is 1. The third-order valence-corrected chi connectivity index (χ3v) is 5.69. The lowest BCUT2D eigenvalue weighted by atomic mass is 10.1. The summed E-state index contributed by atoms with van der Waals surface area (Å²) in [6.07, 6.45) is 0. The molecule has 0 bridgehead atoms. The van der Waals surface area contributed by atoms with Crippen LogP contribution in [0.15, 0.2) is 53.4 Å². The number of carboxylic acid groups (broad SMARTS) is 1. The Kier molecular flexibility index (Phi) is 6.01. The summed E-state index contributed by atoms with van der Waals surface area (Å²) in [6.45, 7) is -0.671. The van der Waals surface area contributed by atoms with Crippen LogP contribution in [-0.2, 0) is 14.6 Å². The van der Waals surface area contributed by atoms with Crippen LogP contribution >= 0.6 is 11.6 Å². The molecule has 31 heavy (non-hydrogen) atoms. The predicted molar refractivity (Wildman–Crippen MR) is 99.2 cm³/mol. The SMILES string of the molecule is O=C([O-])COc1ccc2ccc(Oc3c(F)cc(S(=O)(=O)C(F)(F)F)cc3Cl)cc2c1. The molecule has 0 N–H and O–H groups in total.